The van der Waals surface area contributed by atoms with Crippen molar-refractivity contribution in [2.75, 3.05) is 18.6 Å². The van der Waals surface area contributed by atoms with Crippen molar-refractivity contribution < 1.29 is 19.1 Å². The molecule has 0 aliphatic carbocycles. The molecule has 1 amide bonds. The number of ether oxygens (including phenoxy) is 2. The highest BCUT2D eigenvalue weighted by molar-refractivity contribution is 6.23. The van der Waals surface area contributed by atoms with Gasteiger partial charge in [-0.05, 0) is 66.6 Å². The normalized spacial score (nSPS) is 14.4. The first kappa shape index (κ1) is 21.1. The molecule has 0 spiro atoms. The van der Waals surface area contributed by atoms with Gasteiger partial charge in [0.05, 0.1) is 25.0 Å². The molecule has 0 bridgehead atoms. The van der Waals surface area contributed by atoms with Gasteiger partial charge in [0.2, 0.25) is 0 Å². The second kappa shape index (κ2) is 9.35. The van der Waals surface area contributed by atoms with Gasteiger partial charge in [0.1, 0.15) is 5.75 Å². The molecule has 1 heterocycles. The second-order valence-electron chi connectivity index (χ2n) is 7.18. The maximum Gasteiger partial charge on any atom is 0.338 e. The summed E-state index contributed by atoms with van der Waals surface area (Å²) < 4.78 is 10.3. The van der Waals surface area contributed by atoms with E-state index in [-0.39, 0.29) is 11.9 Å². The van der Waals surface area contributed by atoms with E-state index in [2.05, 4.69) is 0 Å². The Kier molecular flexibility index (Phi) is 6.17. The molecule has 1 aliphatic rings. The lowest BCUT2D eigenvalue weighted by Crippen LogP contribution is -2.24. The molecule has 4 rings (SSSR count). The molecule has 0 atom stereocenters. The molecule has 0 unspecified atom stereocenters. The van der Waals surface area contributed by atoms with E-state index in [4.69, 9.17) is 9.47 Å². The highest BCUT2D eigenvalue weighted by Gasteiger charge is 2.30. The molecule has 3 aromatic carbocycles. The first-order valence-corrected chi connectivity index (χ1v) is 10.3. The number of carbonyl (C=O) groups is 2. The van der Waals surface area contributed by atoms with E-state index in [9.17, 15) is 9.59 Å². The molecular formula is C27H23NO4. The molecule has 5 heteroatoms. The SMILES string of the molecule is CCOC(=O)c1ccc(/C=C2/C=C(c3ccccc3)N(c3ccc(OC)cc3)C2=O)cc1. The van der Waals surface area contributed by atoms with Crippen LogP contribution in [0.2, 0.25) is 0 Å². The van der Waals surface area contributed by atoms with Crippen LogP contribution < -0.4 is 9.64 Å². The molecule has 0 fully saturated rings. The van der Waals surface area contributed by atoms with E-state index in [1.165, 1.54) is 0 Å². The Labute approximate surface area is 187 Å². The fourth-order valence-electron chi connectivity index (χ4n) is 3.53. The van der Waals surface area contributed by atoms with E-state index in [0.29, 0.717) is 17.7 Å². The molecule has 0 N–H and O–H groups in total. The summed E-state index contributed by atoms with van der Waals surface area (Å²) in [5, 5.41) is 0. The average molecular weight is 425 g/mol. The number of amides is 1. The van der Waals surface area contributed by atoms with Crippen molar-refractivity contribution >= 4 is 29.3 Å². The minimum absolute atomic E-state index is 0.122. The van der Waals surface area contributed by atoms with Crippen molar-refractivity contribution in [3.8, 4) is 5.75 Å². The van der Waals surface area contributed by atoms with Gasteiger partial charge < -0.3 is 9.47 Å². The van der Waals surface area contributed by atoms with Crippen LogP contribution in [0.3, 0.4) is 0 Å². The highest BCUT2D eigenvalue weighted by atomic mass is 16.5. The largest absolute Gasteiger partial charge is 0.497 e. The Balaban J connectivity index is 1.70. The zero-order chi connectivity index (χ0) is 22.5. The lowest BCUT2D eigenvalue weighted by molar-refractivity contribution is -0.113. The molecule has 0 saturated heterocycles. The van der Waals surface area contributed by atoms with Gasteiger partial charge in [0, 0.05) is 11.3 Å². The summed E-state index contributed by atoms with van der Waals surface area (Å²) in [5.74, 6) is 0.243. The number of rotatable bonds is 6. The fraction of sp³-hybridized carbons (Fsp3) is 0.111. The zero-order valence-corrected chi connectivity index (χ0v) is 17.9. The highest BCUT2D eigenvalue weighted by Crippen LogP contribution is 2.35. The van der Waals surface area contributed by atoms with Gasteiger partial charge in [-0.3, -0.25) is 9.69 Å². The maximum atomic E-state index is 13.4. The Bertz CT molecular complexity index is 1180. The number of hydrogen-bond donors (Lipinski definition) is 0. The third-order valence-corrected chi connectivity index (χ3v) is 5.13. The predicted octanol–water partition coefficient (Wildman–Crippen LogP) is 5.34. The van der Waals surface area contributed by atoms with Gasteiger partial charge in [-0.1, -0.05) is 42.5 Å². The predicted molar refractivity (Wildman–Crippen MR) is 125 cm³/mol. The quantitative estimate of drug-likeness (QED) is 0.395. The third-order valence-electron chi connectivity index (χ3n) is 5.13. The topological polar surface area (TPSA) is 55.8 Å². The first-order valence-electron chi connectivity index (χ1n) is 10.3. The average Bonchev–Trinajstić information content (AvgIpc) is 3.16. The van der Waals surface area contributed by atoms with Crippen LogP contribution in [-0.4, -0.2) is 25.6 Å². The van der Waals surface area contributed by atoms with Crippen LogP contribution in [0.5, 0.6) is 5.75 Å². The van der Waals surface area contributed by atoms with Crippen LogP contribution in [-0.2, 0) is 9.53 Å². The van der Waals surface area contributed by atoms with Crippen molar-refractivity contribution in [3.63, 3.8) is 0 Å². The smallest absolute Gasteiger partial charge is 0.338 e. The molecule has 0 radical (unpaired) electrons. The van der Waals surface area contributed by atoms with Gasteiger partial charge >= 0.3 is 5.97 Å². The van der Waals surface area contributed by atoms with E-state index < -0.39 is 0 Å². The van der Waals surface area contributed by atoms with Crippen molar-refractivity contribution in [1.29, 1.82) is 0 Å². The number of benzene rings is 3. The van der Waals surface area contributed by atoms with Crippen LogP contribution >= 0.6 is 0 Å². The van der Waals surface area contributed by atoms with Gasteiger partial charge in [-0.15, -0.1) is 0 Å². The molecule has 5 nitrogen and oxygen atoms in total. The number of carbonyl (C=O) groups excluding carboxylic acids is 2. The van der Waals surface area contributed by atoms with Gasteiger partial charge in [-0.2, -0.15) is 0 Å². The Morgan fingerprint density at radius 1 is 0.938 bits per heavy atom. The number of anilines is 1. The van der Waals surface area contributed by atoms with Crippen molar-refractivity contribution in [1.82, 2.24) is 0 Å². The lowest BCUT2D eigenvalue weighted by atomic mass is 10.1. The number of methoxy groups -OCH3 is 1. The van der Waals surface area contributed by atoms with Gasteiger partial charge in [0.25, 0.3) is 5.91 Å². The summed E-state index contributed by atoms with van der Waals surface area (Å²) in [5.41, 5.74) is 4.36. The molecule has 3 aromatic rings. The molecule has 160 valence electrons. The fourth-order valence-corrected chi connectivity index (χ4v) is 3.53. The lowest BCUT2D eigenvalue weighted by Gasteiger charge is -2.21. The Morgan fingerprint density at radius 2 is 1.62 bits per heavy atom. The van der Waals surface area contributed by atoms with Crippen LogP contribution in [0, 0.1) is 0 Å². The van der Waals surface area contributed by atoms with Crippen LogP contribution in [0.1, 0.15) is 28.4 Å². The molecule has 0 aromatic heterocycles. The van der Waals surface area contributed by atoms with E-state index in [0.717, 1.165) is 28.3 Å². The third kappa shape index (κ3) is 4.32. The van der Waals surface area contributed by atoms with E-state index >= 15 is 0 Å². The van der Waals surface area contributed by atoms with Crippen LogP contribution in [0.15, 0.2) is 90.5 Å². The minimum atomic E-state index is -0.361. The Morgan fingerprint density at radius 3 is 2.25 bits per heavy atom. The maximum absolute atomic E-state index is 13.4. The summed E-state index contributed by atoms with van der Waals surface area (Å²) in [6.45, 7) is 2.10. The van der Waals surface area contributed by atoms with Crippen LogP contribution in [0.25, 0.3) is 11.8 Å². The summed E-state index contributed by atoms with van der Waals surface area (Å²) in [6, 6.07) is 24.2. The Hall–Kier alpha value is -4.12. The minimum Gasteiger partial charge on any atom is -0.497 e. The zero-order valence-electron chi connectivity index (χ0n) is 17.9. The summed E-state index contributed by atoms with van der Waals surface area (Å²) in [4.78, 5) is 27.0. The van der Waals surface area contributed by atoms with Crippen LogP contribution in [0.4, 0.5) is 5.69 Å². The van der Waals surface area contributed by atoms with Crippen molar-refractivity contribution in [3.05, 3.63) is 107 Å². The van der Waals surface area contributed by atoms with E-state index in [1.807, 2.05) is 66.7 Å². The van der Waals surface area contributed by atoms with Crippen molar-refractivity contribution in [2.45, 2.75) is 6.92 Å². The van der Waals surface area contributed by atoms with Crippen molar-refractivity contribution in [2.24, 2.45) is 0 Å². The summed E-state index contributed by atoms with van der Waals surface area (Å²) in [7, 11) is 1.61. The summed E-state index contributed by atoms with van der Waals surface area (Å²) in [6.07, 6.45) is 3.71. The monoisotopic (exact) mass is 425 g/mol. The number of hydrogen-bond acceptors (Lipinski definition) is 4. The standard InChI is InChI=1S/C27H23NO4/c1-3-32-27(30)21-11-9-19(10-12-21)17-22-18-25(20-7-5-4-6-8-20)28(26(22)29)23-13-15-24(31-2)16-14-23/h4-18H,3H2,1-2H3/b22-17-. The molecule has 1 aliphatic heterocycles. The second-order valence-corrected chi connectivity index (χ2v) is 7.18. The molecular weight excluding hydrogens is 402 g/mol. The van der Waals surface area contributed by atoms with Gasteiger partial charge in [0.15, 0.2) is 0 Å². The van der Waals surface area contributed by atoms with E-state index in [1.54, 1.807) is 43.2 Å². The molecule has 32 heavy (non-hydrogen) atoms. The summed E-state index contributed by atoms with van der Waals surface area (Å²) >= 11 is 0. The van der Waals surface area contributed by atoms with Gasteiger partial charge in [-0.25, -0.2) is 4.79 Å². The number of nitrogens with zero attached hydrogens (tertiary/aromatic N) is 1. The molecule has 0 saturated carbocycles. The first-order chi connectivity index (χ1) is 15.6. The number of esters is 1.